The van der Waals surface area contributed by atoms with E-state index in [0.717, 1.165) is 5.56 Å². The Balaban J connectivity index is 2.12. The van der Waals surface area contributed by atoms with Crippen LogP contribution in [0.15, 0.2) is 36.5 Å². The van der Waals surface area contributed by atoms with Crippen LogP contribution in [-0.4, -0.2) is 4.98 Å². The van der Waals surface area contributed by atoms with Gasteiger partial charge in [0.2, 0.25) is 0 Å². The molecule has 0 N–H and O–H groups in total. The van der Waals surface area contributed by atoms with E-state index in [4.69, 9.17) is 39.5 Å². The zero-order valence-electron chi connectivity index (χ0n) is 8.66. The minimum Gasteiger partial charge on any atom is -0.486 e. The summed E-state index contributed by atoms with van der Waals surface area (Å²) in [7, 11) is 0. The van der Waals surface area contributed by atoms with Crippen molar-refractivity contribution < 1.29 is 4.74 Å². The summed E-state index contributed by atoms with van der Waals surface area (Å²) in [6, 6.07) is 8.71. The lowest BCUT2D eigenvalue weighted by Crippen LogP contribution is -1.97. The molecule has 1 aromatic carbocycles. The Labute approximate surface area is 114 Å². The summed E-state index contributed by atoms with van der Waals surface area (Å²) in [6.45, 7) is 0.296. The molecule has 2 nitrogen and oxygen atoms in total. The van der Waals surface area contributed by atoms with E-state index in [2.05, 4.69) is 4.98 Å². The fourth-order valence-electron chi connectivity index (χ4n) is 1.29. The van der Waals surface area contributed by atoms with Gasteiger partial charge in [-0.25, -0.2) is 4.98 Å². The largest absolute Gasteiger partial charge is 0.486 e. The second kappa shape index (κ2) is 5.58. The smallest absolute Gasteiger partial charge is 0.171 e. The zero-order chi connectivity index (χ0) is 12.3. The van der Waals surface area contributed by atoms with Crippen LogP contribution < -0.4 is 4.74 Å². The number of nitrogens with zero attached hydrogens (tertiary/aromatic N) is 1. The summed E-state index contributed by atoms with van der Waals surface area (Å²) in [5, 5.41) is 1.55. The van der Waals surface area contributed by atoms with Gasteiger partial charge >= 0.3 is 0 Å². The molecule has 0 amide bonds. The number of hydrogen-bond donors (Lipinski definition) is 0. The standard InChI is InChI=1S/C12H8Cl3NO/c13-9-3-4-10(14)8(6-9)7-17-11-2-1-5-16-12(11)15/h1-6H,7H2. The molecule has 0 radical (unpaired) electrons. The third kappa shape index (κ3) is 3.25. The van der Waals surface area contributed by atoms with Crippen molar-refractivity contribution in [3.8, 4) is 5.75 Å². The molecule has 0 fully saturated rings. The van der Waals surface area contributed by atoms with Gasteiger partial charge in [0.1, 0.15) is 6.61 Å². The van der Waals surface area contributed by atoms with Crippen molar-refractivity contribution in [2.75, 3.05) is 0 Å². The van der Waals surface area contributed by atoms with Gasteiger partial charge in [0.15, 0.2) is 10.9 Å². The van der Waals surface area contributed by atoms with Crippen molar-refractivity contribution in [3.63, 3.8) is 0 Å². The summed E-state index contributed by atoms with van der Waals surface area (Å²) >= 11 is 17.8. The fraction of sp³-hybridized carbons (Fsp3) is 0.0833. The average Bonchev–Trinajstić information content (AvgIpc) is 2.32. The number of pyridine rings is 1. The van der Waals surface area contributed by atoms with Gasteiger partial charge in [-0.1, -0.05) is 34.8 Å². The molecule has 2 aromatic rings. The summed E-state index contributed by atoms with van der Waals surface area (Å²) < 4.78 is 5.52. The minimum absolute atomic E-state index is 0.296. The normalized spacial score (nSPS) is 10.3. The first-order valence-corrected chi connectivity index (χ1v) is 5.97. The third-order valence-corrected chi connectivity index (χ3v) is 3.00. The van der Waals surface area contributed by atoms with Crippen LogP contribution in [0.2, 0.25) is 15.2 Å². The topological polar surface area (TPSA) is 22.1 Å². The predicted octanol–water partition coefficient (Wildman–Crippen LogP) is 4.62. The van der Waals surface area contributed by atoms with Gasteiger partial charge < -0.3 is 4.74 Å². The SMILES string of the molecule is Clc1ccc(Cl)c(COc2cccnc2Cl)c1. The Kier molecular flexibility index (Phi) is 4.11. The van der Waals surface area contributed by atoms with E-state index in [1.165, 1.54) is 0 Å². The van der Waals surface area contributed by atoms with Gasteiger partial charge in [-0.05, 0) is 30.3 Å². The number of aromatic nitrogens is 1. The van der Waals surface area contributed by atoms with Gasteiger partial charge in [-0.3, -0.25) is 0 Å². The van der Waals surface area contributed by atoms with Crippen molar-refractivity contribution in [1.82, 2.24) is 4.98 Å². The molecule has 0 bridgehead atoms. The second-order valence-electron chi connectivity index (χ2n) is 3.32. The fourth-order valence-corrected chi connectivity index (χ4v) is 1.83. The molecule has 5 heteroatoms. The predicted molar refractivity (Wildman–Crippen MR) is 70.0 cm³/mol. The first-order chi connectivity index (χ1) is 8.16. The molecular formula is C12H8Cl3NO. The van der Waals surface area contributed by atoms with E-state index in [1.807, 2.05) is 0 Å². The lowest BCUT2D eigenvalue weighted by atomic mass is 10.2. The molecule has 1 aromatic heterocycles. The van der Waals surface area contributed by atoms with Crippen LogP contribution in [0.5, 0.6) is 5.75 Å². The van der Waals surface area contributed by atoms with Crippen LogP contribution >= 0.6 is 34.8 Å². The zero-order valence-corrected chi connectivity index (χ0v) is 10.9. The van der Waals surface area contributed by atoms with E-state index in [9.17, 15) is 0 Å². The van der Waals surface area contributed by atoms with Gasteiger partial charge in [0.05, 0.1) is 0 Å². The van der Waals surface area contributed by atoms with Crippen molar-refractivity contribution in [3.05, 3.63) is 57.3 Å². The van der Waals surface area contributed by atoms with Crippen molar-refractivity contribution in [2.45, 2.75) is 6.61 Å². The lowest BCUT2D eigenvalue weighted by molar-refractivity contribution is 0.305. The maximum absolute atomic E-state index is 6.01. The monoisotopic (exact) mass is 287 g/mol. The molecule has 1 heterocycles. The van der Waals surface area contributed by atoms with Gasteiger partial charge in [-0.15, -0.1) is 0 Å². The van der Waals surface area contributed by atoms with Crippen molar-refractivity contribution >= 4 is 34.8 Å². The molecule has 0 unspecified atom stereocenters. The highest BCUT2D eigenvalue weighted by Crippen LogP contribution is 2.25. The maximum Gasteiger partial charge on any atom is 0.171 e. The highest BCUT2D eigenvalue weighted by atomic mass is 35.5. The summed E-state index contributed by atoms with van der Waals surface area (Å²) in [5.74, 6) is 0.519. The van der Waals surface area contributed by atoms with E-state index in [1.54, 1.807) is 36.5 Å². The van der Waals surface area contributed by atoms with Gasteiger partial charge in [0, 0.05) is 21.8 Å². The highest BCUT2D eigenvalue weighted by molar-refractivity contribution is 6.33. The van der Waals surface area contributed by atoms with E-state index < -0.39 is 0 Å². The molecule has 17 heavy (non-hydrogen) atoms. The van der Waals surface area contributed by atoms with Gasteiger partial charge in [-0.2, -0.15) is 0 Å². The molecule has 2 rings (SSSR count). The summed E-state index contributed by atoms with van der Waals surface area (Å²) in [5.41, 5.74) is 0.805. The number of ether oxygens (including phenoxy) is 1. The Hall–Kier alpha value is -0.960. The van der Waals surface area contributed by atoms with Crippen LogP contribution in [-0.2, 0) is 6.61 Å². The number of hydrogen-bond acceptors (Lipinski definition) is 2. The van der Waals surface area contributed by atoms with Crippen molar-refractivity contribution in [1.29, 1.82) is 0 Å². The van der Waals surface area contributed by atoms with Crippen LogP contribution in [0.1, 0.15) is 5.56 Å². The number of benzene rings is 1. The van der Waals surface area contributed by atoms with Crippen LogP contribution in [0.4, 0.5) is 0 Å². The van der Waals surface area contributed by atoms with Crippen LogP contribution in [0.3, 0.4) is 0 Å². The molecule has 0 atom stereocenters. The summed E-state index contributed by atoms with van der Waals surface area (Å²) in [6.07, 6.45) is 1.60. The first kappa shape index (κ1) is 12.5. The molecule has 0 aliphatic heterocycles. The molecule has 88 valence electrons. The van der Waals surface area contributed by atoms with Crippen LogP contribution in [0, 0.1) is 0 Å². The number of halogens is 3. The maximum atomic E-state index is 6.01. The molecule has 0 aliphatic rings. The Bertz CT molecular complexity index is 531. The molecular weight excluding hydrogens is 280 g/mol. The van der Waals surface area contributed by atoms with Crippen LogP contribution in [0.25, 0.3) is 0 Å². The first-order valence-electron chi connectivity index (χ1n) is 4.84. The third-order valence-electron chi connectivity index (χ3n) is 2.12. The highest BCUT2D eigenvalue weighted by Gasteiger charge is 2.05. The molecule has 0 aliphatic carbocycles. The average molecular weight is 289 g/mol. The van der Waals surface area contributed by atoms with Crippen molar-refractivity contribution in [2.24, 2.45) is 0 Å². The Morgan fingerprint density at radius 3 is 2.71 bits per heavy atom. The number of rotatable bonds is 3. The lowest BCUT2D eigenvalue weighted by Gasteiger charge is -2.08. The van der Waals surface area contributed by atoms with E-state index in [-0.39, 0.29) is 0 Å². The molecule has 0 saturated carbocycles. The molecule has 0 saturated heterocycles. The van der Waals surface area contributed by atoms with E-state index in [0.29, 0.717) is 27.6 Å². The van der Waals surface area contributed by atoms with E-state index >= 15 is 0 Å². The summed E-state index contributed by atoms with van der Waals surface area (Å²) in [4.78, 5) is 3.91. The quantitative estimate of drug-likeness (QED) is 0.769. The molecule has 0 spiro atoms. The second-order valence-corrected chi connectivity index (χ2v) is 4.52. The minimum atomic E-state index is 0.296. The Morgan fingerprint density at radius 1 is 1.12 bits per heavy atom. The Morgan fingerprint density at radius 2 is 1.94 bits per heavy atom. The van der Waals surface area contributed by atoms with Gasteiger partial charge in [0.25, 0.3) is 0 Å².